The predicted molar refractivity (Wildman–Crippen MR) is 104 cm³/mol. The number of benzene rings is 1. The lowest BCUT2D eigenvalue weighted by molar-refractivity contribution is 0.0674. The highest BCUT2D eigenvalue weighted by molar-refractivity contribution is 5.97. The molecule has 1 aromatic carbocycles. The van der Waals surface area contributed by atoms with Crippen LogP contribution in [-0.4, -0.2) is 58.1 Å². The van der Waals surface area contributed by atoms with Crippen molar-refractivity contribution in [1.29, 1.82) is 0 Å². The summed E-state index contributed by atoms with van der Waals surface area (Å²) in [5, 5.41) is 14.9. The number of urea groups is 1. The predicted octanol–water partition coefficient (Wildman–Crippen LogP) is -0.129. The van der Waals surface area contributed by atoms with Crippen LogP contribution in [0.15, 0.2) is 47.4 Å². The number of H-pyrrole nitrogens is 1. The molecule has 1 aliphatic rings. The fourth-order valence-corrected chi connectivity index (χ4v) is 3.34. The summed E-state index contributed by atoms with van der Waals surface area (Å²) in [5.41, 5.74) is 5.60. The summed E-state index contributed by atoms with van der Waals surface area (Å²) in [6.45, 7) is -0.0683. The highest BCUT2D eigenvalue weighted by Crippen LogP contribution is 2.21. The number of carbonyl (C=O) groups is 3. The number of aliphatic hydroxyl groups is 1. The Hall–Kier alpha value is -3.66. The van der Waals surface area contributed by atoms with Crippen molar-refractivity contribution in [3.05, 3.63) is 64.1 Å². The molecular formula is C19H21N5O5. The second kappa shape index (κ2) is 8.57. The van der Waals surface area contributed by atoms with E-state index in [2.05, 4.69) is 15.6 Å². The summed E-state index contributed by atoms with van der Waals surface area (Å²) >= 11 is 0. The van der Waals surface area contributed by atoms with Gasteiger partial charge in [-0.1, -0.05) is 6.07 Å². The number of nitrogens with one attached hydrogen (secondary N) is 3. The summed E-state index contributed by atoms with van der Waals surface area (Å²) in [7, 11) is 0. The second-order valence-corrected chi connectivity index (χ2v) is 6.71. The SMILES string of the molecule is NC(=O)Nc1cccc(C(=O)N[C@H]2C[C@@H](CO)N(C(=O)c3cc[nH]c(=O)c3)C2)c1. The van der Waals surface area contributed by atoms with Crippen LogP contribution in [0, 0.1) is 0 Å². The fourth-order valence-electron chi connectivity index (χ4n) is 3.34. The van der Waals surface area contributed by atoms with E-state index in [0.29, 0.717) is 17.7 Å². The first-order valence-corrected chi connectivity index (χ1v) is 8.95. The van der Waals surface area contributed by atoms with E-state index in [4.69, 9.17) is 5.73 Å². The number of anilines is 1. The lowest BCUT2D eigenvalue weighted by Gasteiger charge is -2.22. The normalized spacial score (nSPS) is 18.3. The Bertz CT molecular complexity index is 989. The Morgan fingerprint density at radius 2 is 2.00 bits per heavy atom. The number of hydrogen-bond donors (Lipinski definition) is 5. The molecule has 2 atom stereocenters. The van der Waals surface area contributed by atoms with Crippen LogP contribution in [0.25, 0.3) is 0 Å². The van der Waals surface area contributed by atoms with Crippen molar-refractivity contribution >= 4 is 23.5 Å². The van der Waals surface area contributed by atoms with Gasteiger partial charge in [0.05, 0.1) is 12.6 Å². The zero-order valence-corrected chi connectivity index (χ0v) is 15.4. The van der Waals surface area contributed by atoms with Crippen LogP contribution < -0.4 is 21.9 Å². The summed E-state index contributed by atoms with van der Waals surface area (Å²) in [6.07, 6.45) is 1.75. The highest BCUT2D eigenvalue weighted by atomic mass is 16.3. The standard InChI is InChI=1S/C19H21N5O5/c20-19(29)23-13-3-1-2-11(6-13)17(27)22-14-8-15(10-25)24(9-14)18(28)12-4-5-21-16(26)7-12/h1-7,14-15,25H,8-10H2,(H,21,26)(H,22,27)(H3,20,23,29)/t14-,15-/m0/s1. The van der Waals surface area contributed by atoms with Crippen molar-refractivity contribution in [2.75, 3.05) is 18.5 Å². The van der Waals surface area contributed by atoms with E-state index >= 15 is 0 Å². The Morgan fingerprint density at radius 3 is 2.69 bits per heavy atom. The maximum atomic E-state index is 12.7. The highest BCUT2D eigenvalue weighted by Gasteiger charge is 2.36. The first-order valence-electron chi connectivity index (χ1n) is 8.95. The number of aromatic nitrogens is 1. The molecule has 0 bridgehead atoms. The molecule has 152 valence electrons. The van der Waals surface area contributed by atoms with Crippen molar-refractivity contribution in [3.8, 4) is 0 Å². The van der Waals surface area contributed by atoms with Crippen LogP contribution in [0.3, 0.4) is 0 Å². The molecule has 2 aromatic rings. The van der Waals surface area contributed by atoms with Gasteiger partial charge in [-0.15, -0.1) is 0 Å². The van der Waals surface area contributed by atoms with E-state index in [9.17, 15) is 24.3 Å². The Labute approximate surface area is 165 Å². The molecule has 10 heteroatoms. The van der Waals surface area contributed by atoms with Gasteiger partial charge in [0.15, 0.2) is 0 Å². The Kier molecular flexibility index (Phi) is 5.93. The lowest BCUT2D eigenvalue weighted by Crippen LogP contribution is -2.40. The average Bonchev–Trinajstić information content (AvgIpc) is 3.10. The molecule has 1 aliphatic heterocycles. The monoisotopic (exact) mass is 399 g/mol. The number of aliphatic hydroxyl groups excluding tert-OH is 1. The van der Waals surface area contributed by atoms with Crippen molar-refractivity contribution in [1.82, 2.24) is 15.2 Å². The maximum Gasteiger partial charge on any atom is 0.316 e. The third-order valence-electron chi connectivity index (χ3n) is 4.64. The van der Waals surface area contributed by atoms with Gasteiger partial charge in [-0.05, 0) is 30.7 Å². The zero-order valence-electron chi connectivity index (χ0n) is 15.4. The molecule has 1 aromatic heterocycles. The second-order valence-electron chi connectivity index (χ2n) is 6.71. The first kappa shape index (κ1) is 20.1. The molecule has 6 N–H and O–H groups in total. The third-order valence-corrected chi connectivity index (χ3v) is 4.64. The smallest absolute Gasteiger partial charge is 0.316 e. The van der Waals surface area contributed by atoms with Crippen LogP contribution in [0.4, 0.5) is 10.5 Å². The van der Waals surface area contributed by atoms with Gasteiger partial charge in [-0.25, -0.2) is 4.79 Å². The van der Waals surface area contributed by atoms with Crippen LogP contribution in [0.2, 0.25) is 0 Å². The zero-order chi connectivity index (χ0) is 21.0. The molecule has 2 heterocycles. The van der Waals surface area contributed by atoms with Crippen molar-refractivity contribution in [3.63, 3.8) is 0 Å². The van der Waals surface area contributed by atoms with E-state index in [1.807, 2.05) is 0 Å². The number of pyridine rings is 1. The summed E-state index contributed by atoms with van der Waals surface area (Å²) < 4.78 is 0. The fraction of sp³-hybridized carbons (Fsp3) is 0.263. The van der Waals surface area contributed by atoms with Gasteiger partial charge in [0.2, 0.25) is 5.56 Å². The molecule has 0 aliphatic carbocycles. The number of primary amides is 1. The molecule has 4 amide bonds. The molecule has 0 unspecified atom stereocenters. The van der Waals surface area contributed by atoms with Crippen LogP contribution in [0.5, 0.6) is 0 Å². The van der Waals surface area contributed by atoms with Gasteiger partial charge in [0, 0.05) is 41.7 Å². The molecular weight excluding hydrogens is 378 g/mol. The average molecular weight is 399 g/mol. The minimum atomic E-state index is -0.738. The van der Waals surface area contributed by atoms with Crippen molar-refractivity contribution < 1.29 is 19.5 Å². The maximum absolute atomic E-state index is 12.7. The molecule has 1 fully saturated rings. The lowest BCUT2D eigenvalue weighted by atomic mass is 10.1. The summed E-state index contributed by atoms with van der Waals surface area (Å²) in [5.74, 6) is -0.773. The van der Waals surface area contributed by atoms with Gasteiger partial charge in [-0.3, -0.25) is 14.4 Å². The first-order chi connectivity index (χ1) is 13.9. The molecule has 0 saturated carbocycles. The van der Waals surface area contributed by atoms with Gasteiger partial charge in [0.25, 0.3) is 11.8 Å². The number of aromatic amines is 1. The van der Waals surface area contributed by atoms with Crippen LogP contribution >= 0.6 is 0 Å². The Balaban J connectivity index is 1.69. The molecule has 1 saturated heterocycles. The number of nitrogens with zero attached hydrogens (tertiary/aromatic N) is 1. The number of nitrogens with two attached hydrogens (primary N) is 1. The Morgan fingerprint density at radius 1 is 1.21 bits per heavy atom. The summed E-state index contributed by atoms with van der Waals surface area (Å²) in [6, 6.07) is 7.36. The topological polar surface area (TPSA) is 158 Å². The number of rotatable bonds is 5. The molecule has 0 spiro atoms. The van der Waals surface area contributed by atoms with Crippen LogP contribution in [0.1, 0.15) is 27.1 Å². The van der Waals surface area contributed by atoms with Gasteiger partial charge < -0.3 is 31.4 Å². The van der Waals surface area contributed by atoms with Crippen LogP contribution in [-0.2, 0) is 0 Å². The van der Waals surface area contributed by atoms with Crippen molar-refractivity contribution in [2.24, 2.45) is 5.73 Å². The molecule has 29 heavy (non-hydrogen) atoms. The number of likely N-dealkylation sites (tertiary alicyclic amines) is 1. The number of hydrogen-bond acceptors (Lipinski definition) is 5. The molecule has 3 rings (SSSR count). The third kappa shape index (κ3) is 4.79. The van der Waals surface area contributed by atoms with E-state index < -0.39 is 17.6 Å². The number of carbonyl (C=O) groups excluding carboxylic acids is 3. The molecule has 0 radical (unpaired) electrons. The van der Waals surface area contributed by atoms with Gasteiger partial charge in [0.1, 0.15) is 0 Å². The summed E-state index contributed by atoms with van der Waals surface area (Å²) in [4.78, 5) is 51.6. The van der Waals surface area contributed by atoms with E-state index in [1.165, 1.54) is 29.3 Å². The van der Waals surface area contributed by atoms with E-state index in [0.717, 1.165) is 0 Å². The van der Waals surface area contributed by atoms with Gasteiger partial charge >= 0.3 is 6.03 Å². The van der Waals surface area contributed by atoms with Crippen molar-refractivity contribution in [2.45, 2.75) is 18.5 Å². The molecule has 10 nitrogen and oxygen atoms in total. The van der Waals surface area contributed by atoms with Gasteiger partial charge in [-0.2, -0.15) is 0 Å². The van der Waals surface area contributed by atoms with E-state index in [-0.39, 0.29) is 36.6 Å². The minimum absolute atomic E-state index is 0.196. The quantitative estimate of drug-likeness (QED) is 0.473. The number of amides is 4. The largest absolute Gasteiger partial charge is 0.394 e. The van der Waals surface area contributed by atoms with E-state index in [1.54, 1.807) is 18.2 Å². The minimum Gasteiger partial charge on any atom is -0.394 e.